The Labute approximate surface area is 226 Å². The third-order valence-electron chi connectivity index (χ3n) is 7.14. The van der Waals surface area contributed by atoms with E-state index >= 15 is 0 Å². The van der Waals surface area contributed by atoms with Gasteiger partial charge in [-0.25, -0.2) is 0 Å². The summed E-state index contributed by atoms with van der Waals surface area (Å²) in [5, 5.41) is 32.8. The standard InChI is InChI=1S/C27H31N9O3/c1-29-24(38)18-5-9-20(10-6-18)27(26-32-34-35-33-26,21-11-7-19(8-12-21)25(39)30-2)13-14-31-17-23(37)36-15-3-4-22(36)16-28/h5-12,22,31H,3-4,13-15,17H2,1-2H3,(H,29,38)(H,30,39)(H,32,33,34,35). The van der Waals surface area contributed by atoms with Crippen molar-refractivity contribution >= 4 is 17.7 Å². The van der Waals surface area contributed by atoms with Crippen LogP contribution >= 0.6 is 0 Å². The average Bonchev–Trinajstić information content (AvgIpc) is 3.70. The lowest BCUT2D eigenvalue weighted by Crippen LogP contribution is -2.42. The lowest BCUT2D eigenvalue weighted by Gasteiger charge is -2.32. The number of likely N-dealkylation sites (tertiary alicyclic amines) is 1. The molecule has 3 amide bonds. The van der Waals surface area contributed by atoms with Crippen LogP contribution in [0.5, 0.6) is 0 Å². The predicted octanol–water partition coefficient (Wildman–Crippen LogP) is 0.748. The number of hydrogen-bond donors (Lipinski definition) is 4. The molecule has 12 heteroatoms. The topological polar surface area (TPSA) is 169 Å². The van der Waals surface area contributed by atoms with Crippen LogP contribution in [0, 0.1) is 11.3 Å². The highest BCUT2D eigenvalue weighted by Gasteiger charge is 2.40. The first-order chi connectivity index (χ1) is 18.9. The van der Waals surface area contributed by atoms with Crippen LogP contribution in [0.2, 0.25) is 0 Å². The summed E-state index contributed by atoms with van der Waals surface area (Å²) < 4.78 is 0. The van der Waals surface area contributed by atoms with Gasteiger partial charge in [0.15, 0.2) is 5.82 Å². The highest BCUT2D eigenvalue weighted by Crippen LogP contribution is 2.40. The van der Waals surface area contributed by atoms with Crippen LogP contribution in [0.3, 0.4) is 0 Å². The van der Waals surface area contributed by atoms with Crippen LogP contribution in [-0.4, -0.2) is 83.0 Å². The van der Waals surface area contributed by atoms with E-state index in [9.17, 15) is 19.6 Å². The minimum atomic E-state index is -0.922. The van der Waals surface area contributed by atoms with Crippen molar-refractivity contribution < 1.29 is 14.4 Å². The van der Waals surface area contributed by atoms with Crippen molar-refractivity contribution in [3.63, 3.8) is 0 Å². The average molecular weight is 530 g/mol. The Morgan fingerprint density at radius 2 is 1.62 bits per heavy atom. The van der Waals surface area contributed by atoms with Crippen molar-refractivity contribution in [2.45, 2.75) is 30.7 Å². The zero-order chi connectivity index (χ0) is 27.8. The van der Waals surface area contributed by atoms with Crippen LogP contribution in [0.25, 0.3) is 0 Å². The second-order valence-corrected chi connectivity index (χ2v) is 9.25. The van der Waals surface area contributed by atoms with Gasteiger partial charge in [-0.3, -0.25) is 14.4 Å². The zero-order valence-electron chi connectivity index (χ0n) is 21.9. The number of carbonyl (C=O) groups is 3. The summed E-state index contributed by atoms with van der Waals surface area (Å²) in [6.07, 6.45) is 1.95. The monoisotopic (exact) mass is 529 g/mol. The summed E-state index contributed by atoms with van der Waals surface area (Å²) in [6.45, 7) is 1.08. The third-order valence-corrected chi connectivity index (χ3v) is 7.14. The second kappa shape index (κ2) is 12.3. The van der Waals surface area contributed by atoms with Crippen molar-refractivity contribution in [2.24, 2.45) is 0 Å². The van der Waals surface area contributed by atoms with Crippen LogP contribution in [0.15, 0.2) is 48.5 Å². The summed E-state index contributed by atoms with van der Waals surface area (Å²) >= 11 is 0. The summed E-state index contributed by atoms with van der Waals surface area (Å²) in [5.41, 5.74) is 1.69. The van der Waals surface area contributed by atoms with Crippen molar-refractivity contribution in [2.75, 3.05) is 33.7 Å². The Bertz CT molecular complexity index is 1270. The number of benzene rings is 2. The number of amides is 3. The van der Waals surface area contributed by atoms with Gasteiger partial charge in [0.05, 0.1) is 18.0 Å². The van der Waals surface area contributed by atoms with Gasteiger partial charge in [-0.15, -0.1) is 10.2 Å². The molecule has 4 N–H and O–H groups in total. The smallest absolute Gasteiger partial charge is 0.251 e. The van der Waals surface area contributed by atoms with E-state index in [1.165, 1.54) is 0 Å². The molecular weight excluding hydrogens is 498 g/mol. The van der Waals surface area contributed by atoms with Crippen molar-refractivity contribution in [3.05, 3.63) is 76.6 Å². The molecule has 0 spiro atoms. The largest absolute Gasteiger partial charge is 0.355 e. The molecule has 202 valence electrons. The highest BCUT2D eigenvalue weighted by atomic mass is 16.2. The van der Waals surface area contributed by atoms with E-state index in [0.29, 0.717) is 42.9 Å². The Morgan fingerprint density at radius 3 is 2.10 bits per heavy atom. The first-order valence-electron chi connectivity index (χ1n) is 12.7. The molecule has 1 fully saturated rings. The highest BCUT2D eigenvalue weighted by molar-refractivity contribution is 5.94. The molecule has 2 aromatic carbocycles. The summed E-state index contributed by atoms with van der Waals surface area (Å²) in [5.74, 6) is -0.131. The molecule has 1 aliphatic rings. The van der Waals surface area contributed by atoms with Crippen molar-refractivity contribution in [3.8, 4) is 6.07 Å². The minimum Gasteiger partial charge on any atom is -0.355 e. The predicted molar refractivity (Wildman–Crippen MR) is 142 cm³/mol. The van der Waals surface area contributed by atoms with Crippen LogP contribution in [-0.2, 0) is 10.2 Å². The maximum absolute atomic E-state index is 12.8. The van der Waals surface area contributed by atoms with E-state index in [1.807, 2.05) is 24.3 Å². The van der Waals surface area contributed by atoms with Gasteiger partial charge in [0.1, 0.15) is 6.04 Å². The van der Waals surface area contributed by atoms with Crippen molar-refractivity contribution in [1.82, 2.24) is 41.5 Å². The minimum absolute atomic E-state index is 0.0890. The van der Waals surface area contributed by atoms with E-state index in [2.05, 4.69) is 42.6 Å². The molecular formula is C27H31N9O3. The fourth-order valence-corrected chi connectivity index (χ4v) is 5.04. The van der Waals surface area contributed by atoms with Gasteiger partial charge < -0.3 is 20.9 Å². The number of H-pyrrole nitrogens is 1. The van der Waals surface area contributed by atoms with Gasteiger partial charge in [0.25, 0.3) is 11.8 Å². The van der Waals surface area contributed by atoms with E-state index in [0.717, 1.165) is 17.5 Å². The number of tetrazole rings is 1. The number of nitrogens with zero attached hydrogens (tertiary/aromatic N) is 5. The molecule has 12 nitrogen and oxygen atoms in total. The van der Waals surface area contributed by atoms with Gasteiger partial charge in [-0.05, 0) is 61.2 Å². The number of aromatic amines is 1. The number of hydrogen-bond acceptors (Lipinski definition) is 8. The van der Waals surface area contributed by atoms with Gasteiger partial charge in [-0.2, -0.15) is 10.5 Å². The lowest BCUT2D eigenvalue weighted by molar-refractivity contribution is -0.130. The summed E-state index contributed by atoms with van der Waals surface area (Å²) in [4.78, 5) is 38.7. The summed E-state index contributed by atoms with van der Waals surface area (Å²) in [6, 6.07) is 16.1. The summed E-state index contributed by atoms with van der Waals surface area (Å²) in [7, 11) is 3.14. The molecule has 0 bridgehead atoms. The van der Waals surface area contributed by atoms with Gasteiger partial charge >= 0.3 is 0 Å². The maximum Gasteiger partial charge on any atom is 0.251 e. The van der Waals surface area contributed by atoms with Crippen LogP contribution in [0.1, 0.15) is 56.9 Å². The van der Waals surface area contributed by atoms with Gasteiger partial charge in [-0.1, -0.05) is 29.5 Å². The van der Waals surface area contributed by atoms with Crippen molar-refractivity contribution in [1.29, 1.82) is 5.26 Å². The molecule has 1 saturated heterocycles. The maximum atomic E-state index is 12.8. The SMILES string of the molecule is CNC(=O)c1ccc(C(CCNCC(=O)N2CCCC2C#N)(c2ccc(C(=O)NC)cc2)c2nn[nH]n2)cc1. The Kier molecular flexibility index (Phi) is 8.63. The Morgan fingerprint density at radius 1 is 1.03 bits per heavy atom. The quantitative estimate of drug-likeness (QED) is 0.279. The second-order valence-electron chi connectivity index (χ2n) is 9.25. The first-order valence-corrected chi connectivity index (χ1v) is 12.7. The molecule has 39 heavy (non-hydrogen) atoms. The lowest BCUT2D eigenvalue weighted by atomic mass is 9.71. The van der Waals surface area contributed by atoms with E-state index in [4.69, 9.17) is 0 Å². The fraction of sp³-hybridized carbons (Fsp3) is 0.370. The molecule has 1 unspecified atom stereocenters. The molecule has 1 atom stereocenters. The molecule has 0 radical (unpaired) electrons. The van der Waals surface area contributed by atoms with Gasteiger partial charge in [0, 0.05) is 31.8 Å². The number of rotatable bonds is 10. The Balaban J connectivity index is 1.67. The van der Waals surface area contributed by atoms with Crippen LogP contribution < -0.4 is 16.0 Å². The zero-order valence-corrected chi connectivity index (χ0v) is 21.9. The molecule has 4 rings (SSSR count). The molecule has 1 aromatic heterocycles. The third kappa shape index (κ3) is 5.63. The fourth-order valence-electron chi connectivity index (χ4n) is 5.04. The molecule has 1 aliphatic heterocycles. The number of aromatic nitrogens is 4. The van der Waals surface area contributed by atoms with E-state index in [-0.39, 0.29) is 30.3 Å². The first kappa shape index (κ1) is 27.4. The Hall–Kier alpha value is -4.63. The molecule has 2 heterocycles. The number of nitrogens with one attached hydrogen (secondary N) is 4. The normalized spacial score (nSPS) is 15.0. The number of nitriles is 1. The molecule has 3 aromatic rings. The molecule has 0 saturated carbocycles. The number of carbonyl (C=O) groups excluding carboxylic acids is 3. The van der Waals surface area contributed by atoms with Crippen LogP contribution in [0.4, 0.5) is 0 Å². The van der Waals surface area contributed by atoms with E-state index in [1.54, 1.807) is 43.3 Å². The van der Waals surface area contributed by atoms with Gasteiger partial charge in [0.2, 0.25) is 5.91 Å². The molecule has 0 aliphatic carbocycles. The van der Waals surface area contributed by atoms with E-state index < -0.39 is 5.41 Å².